The third kappa shape index (κ3) is 4.55. The van der Waals surface area contributed by atoms with Crippen LogP contribution in [0.25, 0.3) is 0 Å². The molecule has 150 valence electrons. The molecule has 0 spiro atoms. The molecule has 1 atom stereocenters. The Labute approximate surface area is 170 Å². The maximum atomic E-state index is 11.2. The number of benzene rings is 1. The number of hydrogen-bond donors (Lipinski definition) is 2. The highest BCUT2D eigenvalue weighted by Gasteiger charge is 2.33. The second-order valence-corrected chi connectivity index (χ2v) is 8.14. The summed E-state index contributed by atoms with van der Waals surface area (Å²) in [6.45, 7) is 3.52. The zero-order valence-electron chi connectivity index (χ0n) is 15.2. The summed E-state index contributed by atoms with van der Waals surface area (Å²) in [6.07, 6.45) is 4.89. The van der Waals surface area contributed by atoms with Gasteiger partial charge in [0.2, 0.25) is 6.10 Å². The van der Waals surface area contributed by atoms with Crippen LogP contribution in [0.1, 0.15) is 31.2 Å². The molecule has 6 nitrogen and oxygen atoms in total. The van der Waals surface area contributed by atoms with Crippen molar-refractivity contribution >= 4 is 35.7 Å². The van der Waals surface area contributed by atoms with E-state index in [1.54, 1.807) is 0 Å². The fourth-order valence-electron chi connectivity index (χ4n) is 3.91. The Morgan fingerprint density at radius 3 is 2.56 bits per heavy atom. The van der Waals surface area contributed by atoms with E-state index in [0.29, 0.717) is 16.7 Å². The summed E-state index contributed by atoms with van der Waals surface area (Å²) < 4.78 is 11.3. The van der Waals surface area contributed by atoms with Crippen molar-refractivity contribution in [3.8, 4) is 11.5 Å². The minimum absolute atomic E-state index is 0. The number of aliphatic carboxylic acids is 1. The minimum Gasteiger partial charge on any atom is -0.485 e. The smallest absolute Gasteiger partial charge is 0.348 e. The van der Waals surface area contributed by atoms with E-state index in [9.17, 15) is 4.79 Å². The Morgan fingerprint density at radius 2 is 1.93 bits per heavy atom. The van der Waals surface area contributed by atoms with Crippen molar-refractivity contribution in [1.82, 2.24) is 4.90 Å². The monoisotopic (exact) mass is 416 g/mol. The van der Waals surface area contributed by atoms with Gasteiger partial charge in [0.15, 0.2) is 11.5 Å². The first-order chi connectivity index (χ1) is 12.5. The lowest BCUT2D eigenvalue weighted by atomic mass is 9.89. The van der Waals surface area contributed by atoms with Gasteiger partial charge in [0.1, 0.15) is 6.61 Å². The number of fused-ring (bicyclic) bond motifs is 1. The van der Waals surface area contributed by atoms with Crippen molar-refractivity contribution in [2.24, 2.45) is 11.8 Å². The topological polar surface area (TPSA) is 85.0 Å². The number of anilines is 1. The van der Waals surface area contributed by atoms with Crippen molar-refractivity contribution in [2.45, 2.75) is 38.2 Å². The van der Waals surface area contributed by atoms with Crippen LogP contribution in [0.4, 0.5) is 5.69 Å². The molecule has 1 aliphatic carbocycles. The number of nitrogens with two attached hydrogens (primary N) is 1. The van der Waals surface area contributed by atoms with Crippen LogP contribution in [0.2, 0.25) is 5.02 Å². The summed E-state index contributed by atoms with van der Waals surface area (Å²) >= 11 is 6.27. The van der Waals surface area contributed by atoms with Crippen molar-refractivity contribution in [2.75, 3.05) is 32.0 Å². The number of carboxylic acid groups (broad SMARTS) is 1. The molecule has 2 fully saturated rings. The lowest BCUT2D eigenvalue weighted by Gasteiger charge is -2.33. The van der Waals surface area contributed by atoms with Crippen LogP contribution in [0.5, 0.6) is 11.5 Å². The molecule has 27 heavy (non-hydrogen) atoms. The molecule has 4 rings (SSSR count). The Hall–Kier alpha value is -1.37. The number of nitrogen functional groups attached to an aromatic ring is 1. The van der Waals surface area contributed by atoms with E-state index in [4.69, 9.17) is 31.9 Å². The average Bonchev–Trinajstić information content (AvgIpc) is 3.44. The number of nitrogens with zero attached hydrogens (tertiary/aromatic N) is 1. The van der Waals surface area contributed by atoms with E-state index in [0.717, 1.165) is 43.8 Å². The molecule has 8 heteroatoms. The van der Waals surface area contributed by atoms with Crippen molar-refractivity contribution in [3.05, 3.63) is 16.7 Å². The minimum atomic E-state index is -1.07. The molecule has 1 saturated heterocycles. The molecule has 1 aromatic carbocycles. The molecule has 1 saturated carbocycles. The van der Waals surface area contributed by atoms with E-state index in [1.807, 2.05) is 6.07 Å². The summed E-state index contributed by atoms with van der Waals surface area (Å²) in [5.74, 6) is 1.26. The third-order valence-corrected chi connectivity index (χ3v) is 5.96. The van der Waals surface area contributed by atoms with Crippen LogP contribution >= 0.6 is 24.0 Å². The van der Waals surface area contributed by atoms with Crippen LogP contribution < -0.4 is 15.2 Å². The van der Waals surface area contributed by atoms with Gasteiger partial charge >= 0.3 is 5.97 Å². The van der Waals surface area contributed by atoms with Gasteiger partial charge in [0.25, 0.3) is 0 Å². The van der Waals surface area contributed by atoms with Crippen LogP contribution in [-0.4, -0.2) is 48.3 Å². The molecule has 3 aliphatic rings. The molecule has 0 radical (unpaired) electrons. The van der Waals surface area contributed by atoms with Crippen molar-refractivity contribution in [1.29, 1.82) is 0 Å². The third-order valence-electron chi connectivity index (χ3n) is 5.64. The van der Waals surface area contributed by atoms with E-state index < -0.39 is 12.1 Å². The summed E-state index contributed by atoms with van der Waals surface area (Å²) in [5, 5.41) is 9.55. The quantitative estimate of drug-likeness (QED) is 0.716. The van der Waals surface area contributed by atoms with Gasteiger partial charge in [-0.3, -0.25) is 0 Å². The number of halogens is 2. The molecular weight excluding hydrogens is 391 g/mol. The SMILES string of the molecule is Cl.Nc1c(Cl)cc(CC2CCN(CC3CC3)CC2)c2c1OC(C(=O)O)CO2. The van der Waals surface area contributed by atoms with Crippen LogP contribution in [0.15, 0.2) is 6.07 Å². The Morgan fingerprint density at radius 1 is 1.22 bits per heavy atom. The van der Waals surface area contributed by atoms with Gasteiger partial charge in [0.05, 0.1) is 10.7 Å². The lowest BCUT2D eigenvalue weighted by Crippen LogP contribution is -2.37. The molecule has 1 aromatic rings. The van der Waals surface area contributed by atoms with Gasteiger partial charge < -0.3 is 25.2 Å². The normalized spacial score (nSPS) is 22.9. The zero-order valence-corrected chi connectivity index (χ0v) is 16.7. The molecule has 0 aromatic heterocycles. The molecule has 0 bridgehead atoms. The van der Waals surface area contributed by atoms with Crippen molar-refractivity contribution < 1.29 is 19.4 Å². The number of likely N-dealkylation sites (tertiary alicyclic amines) is 1. The van der Waals surface area contributed by atoms with E-state index in [-0.39, 0.29) is 30.5 Å². The van der Waals surface area contributed by atoms with Gasteiger partial charge in [-0.05, 0) is 68.7 Å². The summed E-state index contributed by atoms with van der Waals surface area (Å²) in [7, 11) is 0. The Bertz CT molecular complexity index is 703. The largest absolute Gasteiger partial charge is 0.485 e. The number of piperidine rings is 1. The molecule has 2 aliphatic heterocycles. The number of carboxylic acids is 1. The van der Waals surface area contributed by atoms with Crippen LogP contribution in [0, 0.1) is 11.8 Å². The number of rotatable bonds is 5. The van der Waals surface area contributed by atoms with Gasteiger partial charge in [-0.2, -0.15) is 0 Å². The predicted octanol–water partition coefficient (Wildman–Crippen LogP) is 3.23. The van der Waals surface area contributed by atoms with Gasteiger partial charge in [-0.1, -0.05) is 11.6 Å². The first-order valence-corrected chi connectivity index (χ1v) is 9.74. The first kappa shape index (κ1) is 20.4. The molecular formula is C19H26Cl2N2O4. The summed E-state index contributed by atoms with van der Waals surface area (Å²) in [6, 6.07) is 1.84. The van der Waals surface area contributed by atoms with E-state index in [2.05, 4.69) is 4.90 Å². The molecule has 3 N–H and O–H groups in total. The van der Waals surface area contributed by atoms with Gasteiger partial charge in [-0.25, -0.2) is 4.79 Å². The van der Waals surface area contributed by atoms with Crippen LogP contribution in [0.3, 0.4) is 0 Å². The van der Waals surface area contributed by atoms with Crippen LogP contribution in [-0.2, 0) is 11.2 Å². The summed E-state index contributed by atoms with van der Waals surface area (Å²) in [5.41, 5.74) is 7.21. The Kier molecular flexibility index (Phi) is 6.28. The fraction of sp³-hybridized carbons (Fsp3) is 0.632. The average molecular weight is 417 g/mol. The van der Waals surface area contributed by atoms with E-state index >= 15 is 0 Å². The second-order valence-electron chi connectivity index (χ2n) is 7.74. The molecule has 1 unspecified atom stereocenters. The number of ether oxygens (including phenoxy) is 2. The van der Waals surface area contributed by atoms with E-state index in [1.165, 1.54) is 19.4 Å². The van der Waals surface area contributed by atoms with Crippen molar-refractivity contribution in [3.63, 3.8) is 0 Å². The highest BCUT2D eigenvalue weighted by molar-refractivity contribution is 6.33. The van der Waals surface area contributed by atoms with Gasteiger partial charge in [-0.15, -0.1) is 12.4 Å². The Balaban J connectivity index is 0.00000210. The molecule has 2 heterocycles. The highest BCUT2D eigenvalue weighted by Crippen LogP contribution is 2.45. The summed E-state index contributed by atoms with van der Waals surface area (Å²) in [4.78, 5) is 13.8. The number of carbonyl (C=O) groups is 1. The van der Waals surface area contributed by atoms with Gasteiger partial charge in [0, 0.05) is 6.54 Å². The maximum Gasteiger partial charge on any atom is 0.348 e. The highest BCUT2D eigenvalue weighted by atomic mass is 35.5. The molecule has 0 amide bonds. The second kappa shape index (κ2) is 8.33. The lowest BCUT2D eigenvalue weighted by molar-refractivity contribution is -0.147. The number of hydrogen-bond acceptors (Lipinski definition) is 5. The predicted molar refractivity (Wildman–Crippen MR) is 106 cm³/mol. The standard InChI is InChI=1S/C19H25ClN2O4.ClH/c20-14-8-13(7-11-3-5-22(6-4-11)9-12-1-2-12)17-18(16(14)21)26-15(10-25-17)19(23)24;/h8,11-12,15H,1-7,9-10,21H2,(H,23,24);1H. The maximum absolute atomic E-state index is 11.2. The first-order valence-electron chi connectivity index (χ1n) is 9.36. The fourth-order valence-corrected chi connectivity index (χ4v) is 4.12. The zero-order chi connectivity index (χ0) is 18.3.